The van der Waals surface area contributed by atoms with Gasteiger partial charge in [-0.3, -0.25) is 9.78 Å². The molecule has 1 unspecified atom stereocenters. The minimum atomic E-state index is -0.576. The predicted octanol–water partition coefficient (Wildman–Crippen LogP) is 1.45. The van der Waals surface area contributed by atoms with E-state index in [0.29, 0.717) is 23.8 Å². The highest BCUT2D eigenvalue weighted by atomic mass is 19.1. The van der Waals surface area contributed by atoms with E-state index in [1.54, 1.807) is 12.4 Å². The van der Waals surface area contributed by atoms with Gasteiger partial charge in [-0.15, -0.1) is 0 Å². The van der Waals surface area contributed by atoms with Crippen molar-refractivity contribution in [3.05, 3.63) is 57.8 Å². The summed E-state index contributed by atoms with van der Waals surface area (Å²) >= 11 is 0. The van der Waals surface area contributed by atoms with Crippen LogP contribution in [0.1, 0.15) is 28.9 Å². The first-order valence-electron chi connectivity index (χ1n) is 10.7. The van der Waals surface area contributed by atoms with Gasteiger partial charge in [0.25, 0.3) is 11.8 Å². The number of nitrogens with one attached hydrogen (secondary N) is 1. The van der Waals surface area contributed by atoms with Crippen LogP contribution in [0.4, 0.5) is 10.2 Å². The van der Waals surface area contributed by atoms with Crippen molar-refractivity contribution in [3.63, 3.8) is 0 Å². The monoisotopic (exact) mass is 454 g/mol. The van der Waals surface area contributed by atoms with Gasteiger partial charge < -0.3 is 19.4 Å². The molecule has 5 rings (SSSR count). The number of halogens is 1. The molecule has 0 radical (unpaired) electrons. The number of aryl methyl sites for hydroxylation is 1. The van der Waals surface area contributed by atoms with Crippen molar-refractivity contribution >= 4 is 11.7 Å². The van der Waals surface area contributed by atoms with Crippen LogP contribution in [-0.2, 0) is 30.7 Å². The van der Waals surface area contributed by atoms with Crippen molar-refractivity contribution in [1.82, 2.24) is 24.4 Å². The molecule has 0 aromatic carbocycles. The summed E-state index contributed by atoms with van der Waals surface area (Å²) in [5, 5.41) is 2.57. The lowest BCUT2D eigenvalue weighted by atomic mass is 10.1. The summed E-state index contributed by atoms with van der Waals surface area (Å²) in [6, 6.07) is 0.300. The highest BCUT2D eigenvalue weighted by Gasteiger charge is 2.27. The van der Waals surface area contributed by atoms with Gasteiger partial charge in [-0.05, 0) is 44.0 Å². The fraction of sp³-hybridized carbons (Fsp3) is 0.409. The topological polar surface area (TPSA) is 115 Å². The molecule has 4 heterocycles. The Morgan fingerprint density at radius 2 is 2.15 bits per heavy atom. The molecule has 3 aromatic heterocycles. The predicted molar refractivity (Wildman–Crippen MR) is 115 cm³/mol. The molecule has 3 aromatic rings. The number of rotatable bonds is 7. The number of hydrogen-bond donors (Lipinski definition) is 1. The molecular weight excluding hydrogens is 431 g/mol. The first-order valence-corrected chi connectivity index (χ1v) is 10.7. The third-order valence-corrected chi connectivity index (χ3v) is 6.09. The molecule has 1 amide bonds. The summed E-state index contributed by atoms with van der Waals surface area (Å²) in [5.74, 6) is 0.240. The fourth-order valence-corrected chi connectivity index (χ4v) is 4.32. The number of likely N-dealkylation sites (N-methyl/N-ethyl adjacent to an activating group) is 1. The van der Waals surface area contributed by atoms with Crippen LogP contribution in [0.15, 0.2) is 34.0 Å². The summed E-state index contributed by atoms with van der Waals surface area (Å²) in [5.41, 5.74) is 2.89. The maximum absolute atomic E-state index is 13.2. The number of fused-ring (bicyclic) bond motifs is 2. The van der Waals surface area contributed by atoms with E-state index in [4.69, 9.17) is 9.15 Å². The number of hydrogen-bond acceptors (Lipinski definition) is 8. The van der Waals surface area contributed by atoms with Gasteiger partial charge in [0.1, 0.15) is 12.4 Å². The number of anilines is 1. The van der Waals surface area contributed by atoms with Gasteiger partial charge in [-0.2, -0.15) is 0 Å². The van der Waals surface area contributed by atoms with Gasteiger partial charge in [0.15, 0.2) is 18.2 Å². The number of pyridine rings is 1. The van der Waals surface area contributed by atoms with Gasteiger partial charge in [0.2, 0.25) is 0 Å². The molecule has 1 N–H and O–H groups in total. The molecule has 11 heteroatoms. The Bertz CT molecular complexity index is 1260. The van der Waals surface area contributed by atoms with Gasteiger partial charge in [-0.1, -0.05) is 0 Å². The molecular formula is C22H23FN6O4. The molecule has 2 aliphatic rings. The Balaban J connectivity index is 1.20. The van der Waals surface area contributed by atoms with E-state index in [-0.39, 0.29) is 30.0 Å². The average Bonchev–Trinajstić information content (AvgIpc) is 3.42. The summed E-state index contributed by atoms with van der Waals surface area (Å²) in [4.78, 5) is 38.6. The molecule has 1 aliphatic heterocycles. The van der Waals surface area contributed by atoms with Crippen molar-refractivity contribution in [2.75, 3.05) is 25.5 Å². The number of oxazole rings is 1. The maximum Gasteiger partial charge on any atom is 0.425 e. The van der Waals surface area contributed by atoms with Crippen molar-refractivity contribution in [2.24, 2.45) is 0 Å². The standard InChI is InChI=1S/C22H23FN6O4/c1-28(15-5-13-8-24-9-14(7-23)17(13)6-15)4-2-3-16-11-29(22(31)33-16)18-10-25-21-20(26-18)27-19(30)12-32-21/h8-11,15H,2-7,12H2,1H3,(H,26,27,30). The molecule has 33 heavy (non-hydrogen) atoms. The van der Waals surface area contributed by atoms with E-state index in [1.165, 1.54) is 10.8 Å². The second-order valence-corrected chi connectivity index (χ2v) is 8.27. The molecule has 1 aliphatic carbocycles. The average molecular weight is 454 g/mol. The van der Waals surface area contributed by atoms with Crippen LogP contribution in [-0.4, -0.2) is 56.6 Å². The number of amides is 1. The SMILES string of the molecule is CN(CCCc1cn(-c2cnc3c(n2)NC(=O)CO3)c(=O)o1)C1Cc2cncc(CF)c2C1. The van der Waals surface area contributed by atoms with Crippen molar-refractivity contribution < 1.29 is 18.3 Å². The zero-order chi connectivity index (χ0) is 22.9. The highest BCUT2D eigenvalue weighted by Crippen LogP contribution is 2.28. The van der Waals surface area contributed by atoms with E-state index >= 15 is 0 Å². The zero-order valence-corrected chi connectivity index (χ0v) is 18.1. The van der Waals surface area contributed by atoms with Crippen molar-refractivity contribution in [3.8, 4) is 11.7 Å². The number of carbonyl (C=O) groups is 1. The Hall–Kier alpha value is -3.60. The van der Waals surface area contributed by atoms with E-state index in [0.717, 1.165) is 36.9 Å². The van der Waals surface area contributed by atoms with Crippen LogP contribution in [0.25, 0.3) is 5.82 Å². The number of ether oxygens (including phenoxy) is 1. The number of nitrogens with zero attached hydrogens (tertiary/aromatic N) is 5. The Labute approximate surface area is 188 Å². The molecule has 0 saturated heterocycles. The summed E-state index contributed by atoms with van der Waals surface area (Å²) in [7, 11) is 2.06. The van der Waals surface area contributed by atoms with Crippen molar-refractivity contribution in [1.29, 1.82) is 0 Å². The number of aromatic nitrogens is 4. The van der Waals surface area contributed by atoms with E-state index in [2.05, 4.69) is 32.2 Å². The molecule has 172 valence electrons. The van der Waals surface area contributed by atoms with Crippen LogP contribution < -0.4 is 15.8 Å². The first kappa shape index (κ1) is 21.3. The van der Waals surface area contributed by atoms with Crippen LogP contribution in [0, 0.1) is 0 Å². The Morgan fingerprint density at radius 3 is 3.00 bits per heavy atom. The van der Waals surface area contributed by atoms with Gasteiger partial charge >= 0.3 is 5.76 Å². The lowest BCUT2D eigenvalue weighted by Crippen LogP contribution is -2.33. The number of alkyl halides is 1. The van der Waals surface area contributed by atoms with Crippen LogP contribution in [0.2, 0.25) is 0 Å². The van der Waals surface area contributed by atoms with Crippen LogP contribution in [0.3, 0.4) is 0 Å². The zero-order valence-electron chi connectivity index (χ0n) is 18.1. The van der Waals surface area contributed by atoms with Crippen LogP contribution >= 0.6 is 0 Å². The lowest BCUT2D eigenvalue weighted by Gasteiger charge is -2.23. The third kappa shape index (κ3) is 4.23. The second-order valence-electron chi connectivity index (χ2n) is 8.27. The van der Waals surface area contributed by atoms with Gasteiger partial charge in [0, 0.05) is 30.4 Å². The molecule has 1 atom stereocenters. The summed E-state index contributed by atoms with van der Waals surface area (Å²) < 4.78 is 25.1. The van der Waals surface area contributed by atoms with E-state index in [1.807, 2.05) is 6.20 Å². The minimum absolute atomic E-state index is 0.119. The maximum atomic E-state index is 13.2. The molecule has 0 bridgehead atoms. The first-order chi connectivity index (χ1) is 16.0. The quantitative estimate of drug-likeness (QED) is 0.570. The molecule has 0 fully saturated rings. The van der Waals surface area contributed by atoms with E-state index in [9.17, 15) is 14.0 Å². The summed E-state index contributed by atoms with van der Waals surface area (Å²) in [6.07, 6.45) is 9.46. The van der Waals surface area contributed by atoms with Crippen molar-refractivity contribution in [2.45, 2.75) is 38.4 Å². The third-order valence-electron chi connectivity index (χ3n) is 6.09. The van der Waals surface area contributed by atoms with E-state index < -0.39 is 12.4 Å². The van der Waals surface area contributed by atoms with Gasteiger partial charge in [0.05, 0.1) is 12.4 Å². The number of carbonyl (C=O) groups excluding carboxylic acids is 1. The largest absolute Gasteiger partial charge is 0.465 e. The summed E-state index contributed by atoms with van der Waals surface area (Å²) in [6.45, 7) is 0.191. The smallest absolute Gasteiger partial charge is 0.425 e. The fourth-order valence-electron chi connectivity index (χ4n) is 4.32. The Kier molecular flexibility index (Phi) is 5.63. The minimum Gasteiger partial charge on any atom is -0.465 e. The lowest BCUT2D eigenvalue weighted by molar-refractivity contribution is -0.118. The second kappa shape index (κ2) is 8.74. The van der Waals surface area contributed by atoms with Gasteiger partial charge in [-0.25, -0.2) is 23.7 Å². The normalized spacial score (nSPS) is 16.9. The van der Waals surface area contributed by atoms with Crippen LogP contribution in [0.5, 0.6) is 5.88 Å². The molecule has 10 nitrogen and oxygen atoms in total. The molecule has 0 saturated carbocycles. The Morgan fingerprint density at radius 1 is 1.27 bits per heavy atom. The molecule has 0 spiro atoms. The highest BCUT2D eigenvalue weighted by molar-refractivity contribution is 5.93.